The molecule has 0 saturated heterocycles. The zero-order chi connectivity index (χ0) is 19.9. The molecule has 0 aromatic heterocycles. The van der Waals surface area contributed by atoms with Gasteiger partial charge in [0.1, 0.15) is 22.7 Å². The van der Waals surface area contributed by atoms with Crippen LogP contribution < -0.4 is 67.5 Å². The molecule has 2 unspecified atom stereocenters. The predicted molar refractivity (Wildman–Crippen MR) is 84.9 cm³/mol. The van der Waals surface area contributed by atoms with Gasteiger partial charge in [-0.15, -0.1) is 0 Å². The molecule has 2 rings (SSSR count). The second kappa shape index (κ2) is 10.6. The molecule has 0 bridgehead atoms. The van der Waals surface area contributed by atoms with E-state index in [2.05, 4.69) is 8.37 Å². The fourth-order valence-corrected chi connectivity index (χ4v) is 3.58. The third-order valence-corrected chi connectivity index (χ3v) is 5.13. The van der Waals surface area contributed by atoms with E-state index in [1.807, 2.05) is 0 Å². The van der Waals surface area contributed by atoms with Gasteiger partial charge in [-0.3, -0.25) is 9.11 Å². The van der Waals surface area contributed by atoms with Gasteiger partial charge >= 0.3 is 59.1 Å². The molecule has 0 heterocycles. The molecule has 2 aromatic rings. The molecule has 18 heteroatoms. The van der Waals surface area contributed by atoms with E-state index in [0.717, 1.165) is 0 Å². The van der Waals surface area contributed by atoms with Gasteiger partial charge in [-0.05, 0) is 17.5 Å². The Labute approximate surface area is 211 Å². The summed E-state index contributed by atoms with van der Waals surface area (Å²) in [6.45, 7) is 0. The van der Waals surface area contributed by atoms with E-state index in [-0.39, 0.29) is 62.0 Å². The van der Waals surface area contributed by atoms with Crippen LogP contribution in [-0.2, 0) is 43.0 Å². The predicted octanol–water partition coefficient (Wildman–Crippen LogP) is -6.09. The second-order valence-corrected chi connectivity index (χ2v) is 8.46. The summed E-state index contributed by atoms with van der Waals surface area (Å²) in [6, 6.07) is 2.45. The monoisotopic (exact) mass is 494 g/mol. The maximum Gasteiger partial charge on any atom is 1.00 e. The van der Waals surface area contributed by atoms with Gasteiger partial charge in [-0.25, -0.2) is 8.42 Å². The first-order valence-corrected chi connectivity index (χ1v) is 10.8. The molecule has 0 aliphatic carbocycles. The summed E-state index contributed by atoms with van der Waals surface area (Å²) in [5.74, 6) is -1.57. The van der Waals surface area contributed by atoms with Crippen molar-refractivity contribution in [2.24, 2.45) is 0 Å². The molecule has 0 aliphatic heterocycles. The summed E-state index contributed by atoms with van der Waals surface area (Å²) in [5, 5.41) is -0.894. The molecule has 2 aromatic carbocycles. The quantitative estimate of drug-likeness (QED) is 0.218. The van der Waals surface area contributed by atoms with Crippen molar-refractivity contribution < 1.29 is 114 Å². The third kappa shape index (κ3) is 7.24. The van der Waals surface area contributed by atoms with E-state index in [1.54, 1.807) is 0 Å². The molecular weight excluding hydrogens is 486 g/mol. The Hall–Kier alpha value is 0.340. The van der Waals surface area contributed by atoms with E-state index >= 15 is 0 Å². The molecule has 148 valence electrons. The molecular formula is C10H8Na2O12S4-2. The SMILES string of the molecule is O=S([O-])Oc1cc(S(=O)(=O)O)cc2cc(S(=O)(=O)O)cc(OS(=O)[O-])c12.[H-].[H-].[Na+].[Na+]. The van der Waals surface area contributed by atoms with E-state index in [4.69, 9.17) is 9.11 Å². The molecule has 0 radical (unpaired) electrons. The number of benzene rings is 2. The van der Waals surface area contributed by atoms with Crippen molar-refractivity contribution in [3.05, 3.63) is 24.3 Å². The van der Waals surface area contributed by atoms with Crippen molar-refractivity contribution in [3.8, 4) is 11.5 Å². The van der Waals surface area contributed by atoms with Gasteiger partial charge in [0.15, 0.2) is 11.5 Å². The van der Waals surface area contributed by atoms with Crippen molar-refractivity contribution in [2.75, 3.05) is 0 Å². The fraction of sp³-hybridized carbons (Fsp3) is 0. The van der Waals surface area contributed by atoms with Crippen LogP contribution in [0.2, 0.25) is 0 Å². The molecule has 0 spiro atoms. The number of hydrogen-bond acceptors (Lipinski definition) is 10. The van der Waals surface area contributed by atoms with Gasteiger partial charge in [-0.2, -0.15) is 16.8 Å². The van der Waals surface area contributed by atoms with Gasteiger partial charge in [-0.1, -0.05) is 0 Å². The zero-order valence-corrected chi connectivity index (χ0v) is 21.2. The zero-order valence-electron chi connectivity index (χ0n) is 15.9. The van der Waals surface area contributed by atoms with E-state index in [9.17, 15) is 34.4 Å². The normalized spacial score (nSPS) is 13.7. The van der Waals surface area contributed by atoms with Gasteiger partial charge < -0.3 is 20.3 Å². The average Bonchev–Trinajstić information content (AvgIpc) is 2.43. The summed E-state index contributed by atoms with van der Waals surface area (Å²) < 4.78 is 115. The van der Waals surface area contributed by atoms with Crippen molar-refractivity contribution in [1.82, 2.24) is 0 Å². The molecule has 0 amide bonds. The van der Waals surface area contributed by atoms with Crippen molar-refractivity contribution in [2.45, 2.75) is 9.79 Å². The van der Waals surface area contributed by atoms with Crippen LogP contribution >= 0.6 is 0 Å². The maximum atomic E-state index is 11.3. The van der Waals surface area contributed by atoms with Crippen LogP contribution in [0.5, 0.6) is 11.5 Å². The van der Waals surface area contributed by atoms with Crippen LogP contribution in [0.1, 0.15) is 2.85 Å². The molecule has 0 aliphatic rings. The number of rotatable bonds is 6. The summed E-state index contributed by atoms with van der Waals surface area (Å²) in [4.78, 5) is -1.79. The van der Waals surface area contributed by atoms with E-state index in [0.29, 0.717) is 24.3 Å². The Bertz CT molecular complexity index is 1070. The Balaban J connectivity index is -0.00000182. The minimum atomic E-state index is -4.89. The molecule has 0 fully saturated rings. The van der Waals surface area contributed by atoms with E-state index in [1.165, 1.54) is 0 Å². The van der Waals surface area contributed by atoms with Crippen LogP contribution in [0.4, 0.5) is 0 Å². The molecule has 2 N–H and O–H groups in total. The maximum absolute atomic E-state index is 11.3. The van der Waals surface area contributed by atoms with Gasteiger partial charge in [0.2, 0.25) is 0 Å². The summed E-state index contributed by atoms with van der Waals surface area (Å²) >= 11 is -6.51. The average molecular weight is 494 g/mol. The van der Waals surface area contributed by atoms with Gasteiger partial charge in [0.25, 0.3) is 20.2 Å². The smallest absolute Gasteiger partial charge is 1.00 e. The molecule has 2 atom stereocenters. The largest absolute Gasteiger partial charge is 1.00 e. The summed E-state index contributed by atoms with van der Waals surface area (Å²) in [7, 11) is -9.78. The second-order valence-electron chi connectivity index (χ2n) is 4.47. The van der Waals surface area contributed by atoms with Crippen molar-refractivity contribution >= 4 is 53.7 Å². The van der Waals surface area contributed by atoms with Crippen LogP contribution in [0.25, 0.3) is 10.8 Å². The molecule has 0 saturated carbocycles. The topological polar surface area (TPSA) is 207 Å². The minimum Gasteiger partial charge on any atom is -1.00 e. The molecule has 12 nitrogen and oxygen atoms in total. The standard InChI is InChI=1S/C10H8O12S4.2Na.2H/c11-23(12)21-8-3-6(25(15,16)17)1-5-2-7(26(18,19)20)4-9(10(5)8)22-24(13)14;;;;/h1-4H,(H,11,12)(H,13,14)(H,15,16,17)(H,18,19,20);;;;/q;2*+1;2*-1/p-2. The minimum absolute atomic E-state index is 0. The van der Waals surface area contributed by atoms with Gasteiger partial charge in [0.05, 0.1) is 15.2 Å². The first kappa shape index (κ1) is 28.3. The summed E-state index contributed by atoms with van der Waals surface area (Å²) in [6.07, 6.45) is 0. The molecule has 28 heavy (non-hydrogen) atoms. The Morgan fingerprint density at radius 2 is 1.11 bits per heavy atom. The Morgan fingerprint density at radius 3 is 1.36 bits per heavy atom. The fourth-order valence-electron chi connectivity index (χ4n) is 1.96. The number of fused-ring (bicyclic) bond motifs is 1. The Kier molecular flexibility index (Phi) is 10.7. The van der Waals surface area contributed by atoms with Crippen molar-refractivity contribution in [1.29, 1.82) is 0 Å². The van der Waals surface area contributed by atoms with Gasteiger partial charge in [0, 0.05) is 12.1 Å². The van der Waals surface area contributed by atoms with Crippen molar-refractivity contribution in [3.63, 3.8) is 0 Å². The van der Waals surface area contributed by atoms with Crippen LogP contribution in [0.3, 0.4) is 0 Å². The van der Waals surface area contributed by atoms with Crippen LogP contribution in [0.15, 0.2) is 34.1 Å². The summed E-state index contributed by atoms with van der Waals surface area (Å²) in [5.41, 5.74) is 0. The first-order valence-electron chi connectivity index (χ1n) is 5.91. The van der Waals surface area contributed by atoms with Crippen LogP contribution in [0, 0.1) is 0 Å². The third-order valence-electron chi connectivity index (χ3n) is 2.84. The number of hydrogen-bond donors (Lipinski definition) is 2. The first-order chi connectivity index (χ1) is 11.8. The Morgan fingerprint density at radius 1 is 0.786 bits per heavy atom. The van der Waals surface area contributed by atoms with Crippen LogP contribution in [-0.4, -0.2) is 43.5 Å². The van der Waals surface area contributed by atoms with E-state index < -0.39 is 75.0 Å².